The second-order valence-corrected chi connectivity index (χ2v) is 6.07. The largest absolute Gasteiger partial charge is 0.489 e. The minimum atomic E-state index is -0.484. The topological polar surface area (TPSA) is 102 Å². The molecule has 0 spiro atoms. The molecule has 1 aromatic heterocycles. The van der Waals surface area contributed by atoms with Gasteiger partial charge in [-0.3, -0.25) is 15.4 Å². The van der Waals surface area contributed by atoms with Crippen LogP contribution in [0.2, 0.25) is 0 Å². The average molecular weight is 363 g/mol. The van der Waals surface area contributed by atoms with Crippen LogP contribution in [0, 0.1) is 13.8 Å². The van der Waals surface area contributed by atoms with E-state index < -0.39 is 6.03 Å². The van der Waals surface area contributed by atoms with Gasteiger partial charge in [0.1, 0.15) is 12.4 Å². The number of ether oxygens (including phenoxy) is 1. The first-order valence-electron chi connectivity index (χ1n) is 8.44. The lowest BCUT2D eigenvalue weighted by Crippen LogP contribution is -2.34. The lowest BCUT2D eigenvalue weighted by atomic mass is 10.0. The van der Waals surface area contributed by atoms with Gasteiger partial charge in [0.25, 0.3) is 0 Å². The molecule has 0 atom stereocenters. The van der Waals surface area contributed by atoms with Crippen molar-refractivity contribution in [2.45, 2.75) is 20.5 Å². The number of para-hydroxylation sites is 1. The minimum absolute atomic E-state index is 0.311. The molecule has 27 heavy (non-hydrogen) atoms. The highest BCUT2D eigenvalue weighted by Crippen LogP contribution is 2.29. The third-order valence-corrected chi connectivity index (χ3v) is 4.14. The fourth-order valence-electron chi connectivity index (χ4n) is 2.74. The zero-order valence-corrected chi connectivity index (χ0v) is 15.2. The molecule has 2 amide bonds. The van der Waals surface area contributed by atoms with Crippen molar-refractivity contribution in [1.82, 2.24) is 15.4 Å². The van der Waals surface area contributed by atoms with Gasteiger partial charge in [-0.1, -0.05) is 18.2 Å². The number of amides is 2. The summed E-state index contributed by atoms with van der Waals surface area (Å²) in [5, 5.41) is 2.68. The molecule has 0 radical (unpaired) electrons. The highest BCUT2D eigenvalue weighted by Gasteiger charge is 2.11. The number of nitrogens with one attached hydrogen (secondary N) is 2. The highest BCUT2D eigenvalue weighted by atomic mass is 16.5. The van der Waals surface area contributed by atoms with Crippen LogP contribution in [0.3, 0.4) is 0 Å². The summed E-state index contributed by atoms with van der Waals surface area (Å²) in [5.41, 5.74) is 7.43. The summed E-state index contributed by atoms with van der Waals surface area (Å²) in [4.78, 5) is 20.0. The van der Waals surface area contributed by atoms with Gasteiger partial charge in [-0.05, 0) is 43.2 Å². The number of anilines is 1. The van der Waals surface area contributed by atoms with Crippen LogP contribution < -0.4 is 21.3 Å². The third-order valence-electron chi connectivity index (χ3n) is 4.14. The Kier molecular flexibility index (Phi) is 5.63. The molecule has 3 rings (SSSR count). The molecule has 0 aliphatic rings. The quantitative estimate of drug-likeness (QED) is 0.367. The van der Waals surface area contributed by atoms with E-state index in [9.17, 15) is 4.79 Å². The van der Waals surface area contributed by atoms with Gasteiger partial charge in [-0.2, -0.15) is 0 Å². The van der Waals surface area contributed by atoms with Gasteiger partial charge >= 0.3 is 6.03 Å². The van der Waals surface area contributed by atoms with Crippen molar-refractivity contribution in [2.24, 2.45) is 5.84 Å². The van der Waals surface area contributed by atoms with Crippen molar-refractivity contribution in [1.29, 1.82) is 0 Å². The van der Waals surface area contributed by atoms with Crippen LogP contribution in [0.25, 0.3) is 11.3 Å². The fourth-order valence-corrected chi connectivity index (χ4v) is 2.74. The summed E-state index contributed by atoms with van der Waals surface area (Å²) in [5.74, 6) is 5.91. The van der Waals surface area contributed by atoms with Crippen LogP contribution in [-0.2, 0) is 6.61 Å². The highest BCUT2D eigenvalue weighted by molar-refractivity contribution is 5.89. The second kappa shape index (κ2) is 8.29. The van der Waals surface area contributed by atoms with Gasteiger partial charge in [-0.15, -0.1) is 0 Å². The number of nitrogens with zero attached hydrogens (tertiary/aromatic N) is 2. The molecule has 0 bridgehead atoms. The van der Waals surface area contributed by atoms with Crippen molar-refractivity contribution in [3.05, 3.63) is 71.7 Å². The maximum atomic E-state index is 11.5. The summed E-state index contributed by atoms with van der Waals surface area (Å²) in [6.45, 7) is 4.31. The molecule has 0 fully saturated rings. The third kappa shape index (κ3) is 4.39. The standard InChI is InChI=1S/C20H21N5O2/c1-13-10-19(14(2)9-16(13)18-11-22-7-8-23-18)27-12-15-5-3-4-6-17(15)24-20(26)25-21/h3-11H,12,21H2,1-2H3,(H2,24,25,26). The van der Waals surface area contributed by atoms with Crippen LogP contribution >= 0.6 is 0 Å². The number of nitrogens with two attached hydrogens (primary N) is 1. The molecule has 138 valence electrons. The van der Waals surface area contributed by atoms with Gasteiger partial charge in [0.2, 0.25) is 0 Å². The number of urea groups is 1. The maximum absolute atomic E-state index is 11.5. The molecular weight excluding hydrogens is 342 g/mol. The Morgan fingerprint density at radius 3 is 2.70 bits per heavy atom. The van der Waals surface area contributed by atoms with Gasteiger partial charge in [0.05, 0.1) is 11.9 Å². The number of hydrogen-bond donors (Lipinski definition) is 3. The van der Waals surface area contributed by atoms with E-state index in [2.05, 4.69) is 20.7 Å². The van der Waals surface area contributed by atoms with E-state index in [0.717, 1.165) is 33.7 Å². The number of aromatic nitrogens is 2. The first kappa shape index (κ1) is 18.3. The summed E-state index contributed by atoms with van der Waals surface area (Å²) in [7, 11) is 0. The summed E-state index contributed by atoms with van der Waals surface area (Å²) < 4.78 is 6.01. The Hall–Kier alpha value is -3.45. The van der Waals surface area contributed by atoms with Crippen molar-refractivity contribution in [3.63, 3.8) is 0 Å². The van der Waals surface area contributed by atoms with Crippen LogP contribution in [0.4, 0.5) is 10.5 Å². The zero-order chi connectivity index (χ0) is 19.2. The maximum Gasteiger partial charge on any atom is 0.333 e. The lowest BCUT2D eigenvalue weighted by molar-refractivity contribution is 0.252. The number of hydrogen-bond acceptors (Lipinski definition) is 5. The number of aryl methyl sites for hydroxylation is 2. The predicted octanol–water partition coefficient (Wildman–Crippen LogP) is 3.33. The Morgan fingerprint density at radius 2 is 1.96 bits per heavy atom. The fraction of sp³-hybridized carbons (Fsp3) is 0.150. The molecule has 7 nitrogen and oxygen atoms in total. The second-order valence-electron chi connectivity index (χ2n) is 6.07. The van der Waals surface area contributed by atoms with E-state index >= 15 is 0 Å². The Labute approximate surface area is 157 Å². The van der Waals surface area contributed by atoms with Crippen LogP contribution in [0.5, 0.6) is 5.75 Å². The van der Waals surface area contributed by atoms with Crippen LogP contribution in [0.15, 0.2) is 55.0 Å². The predicted molar refractivity (Wildman–Crippen MR) is 104 cm³/mol. The molecule has 0 saturated carbocycles. The number of carbonyl (C=O) groups is 1. The number of rotatable bonds is 5. The minimum Gasteiger partial charge on any atom is -0.489 e. The van der Waals surface area contributed by atoms with Gasteiger partial charge in [0.15, 0.2) is 0 Å². The monoisotopic (exact) mass is 363 g/mol. The molecule has 3 aromatic rings. The van der Waals surface area contributed by atoms with E-state index in [4.69, 9.17) is 10.6 Å². The SMILES string of the molecule is Cc1cc(-c2cnccn2)c(C)cc1OCc1ccccc1NC(=O)NN. The number of carbonyl (C=O) groups excluding carboxylic acids is 1. The Balaban J connectivity index is 1.80. The summed E-state index contributed by atoms with van der Waals surface area (Å²) in [6, 6.07) is 11.0. The van der Waals surface area contributed by atoms with E-state index in [0.29, 0.717) is 12.3 Å². The first-order chi connectivity index (χ1) is 13.1. The molecule has 0 unspecified atom stereocenters. The van der Waals surface area contributed by atoms with Gasteiger partial charge < -0.3 is 10.1 Å². The van der Waals surface area contributed by atoms with Crippen molar-refractivity contribution >= 4 is 11.7 Å². The lowest BCUT2D eigenvalue weighted by Gasteiger charge is -2.15. The van der Waals surface area contributed by atoms with Gasteiger partial charge in [0, 0.05) is 29.2 Å². The smallest absolute Gasteiger partial charge is 0.333 e. The molecule has 0 aliphatic heterocycles. The van der Waals surface area contributed by atoms with Crippen LogP contribution in [0.1, 0.15) is 16.7 Å². The Bertz CT molecular complexity index is 944. The van der Waals surface area contributed by atoms with Crippen molar-refractivity contribution in [3.8, 4) is 17.0 Å². The van der Waals surface area contributed by atoms with Gasteiger partial charge in [-0.25, -0.2) is 10.6 Å². The first-order valence-corrected chi connectivity index (χ1v) is 8.44. The Morgan fingerprint density at radius 1 is 1.15 bits per heavy atom. The molecule has 7 heteroatoms. The average Bonchev–Trinajstić information content (AvgIpc) is 2.69. The molecule has 0 aliphatic carbocycles. The van der Waals surface area contributed by atoms with Crippen molar-refractivity contribution < 1.29 is 9.53 Å². The molecule has 4 N–H and O–H groups in total. The molecular formula is C20H21N5O2. The van der Waals surface area contributed by atoms with E-state index in [1.165, 1.54) is 0 Å². The van der Waals surface area contributed by atoms with E-state index in [-0.39, 0.29) is 0 Å². The summed E-state index contributed by atoms with van der Waals surface area (Å²) >= 11 is 0. The van der Waals surface area contributed by atoms with E-state index in [1.54, 1.807) is 24.7 Å². The number of benzene rings is 2. The normalized spacial score (nSPS) is 10.3. The molecule has 1 heterocycles. The molecule has 2 aromatic carbocycles. The van der Waals surface area contributed by atoms with Crippen molar-refractivity contribution in [2.75, 3.05) is 5.32 Å². The molecule has 0 saturated heterocycles. The zero-order valence-electron chi connectivity index (χ0n) is 15.2. The van der Waals surface area contributed by atoms with E-state index in [1.807, 2.05) is 44.2 Å². The van der Waals surface area contributed by atoms with Crippen LogP contribution in [-0.4, -0.2) is 16.0 Å². The summed E-state index contributed by atoms with van der Waals surface area (Å²) in [6.07, 6.45) is 5.07. The number of hydrazine groups is 1.